The fourth-order valence-corrected chi connectivity index (χ4v) is 2.88. The molecule has 2 heterocycles. The minimum absolute atomic E-state index is 0.279. The van der Waals surface area contributed by atoms with Crippen LogP contribution in [0.15, 0.2) is 10.7 Å². The van der Waals surface area contributed by atoms with Gasteiger partial charge in [0.25, 0.3) is 0 Å². The first kappa shape index (κ1) is 13.6. The highest BCUT2D eigenvalue weighted by atomic mass is 79.9. The maximum Gasteiger partial charge on any atom is 0.0863 e. The van der Waals surface area contributed by atoms with Crippen molar-refractivity contribution in [3.8, 4) is 0 Å². The Bertz CT molecular complexity index is 526. The van der Waals surface area contributed by atoms with E-state index in [9.17, 15) is 0 Å². The maximum atomic E-state index is 6.28. The van der Waals surface area contributed by atoms with Gasteiger partial charge in [0.15, 0.2) is 0 Å². The van der Waals surface area contributed by atoms with Gasteiger partial charge in [-0.1, -0.05) is 4.49 Å². The molecule has 0 saturated carbocycles. The molecule has 0 fully saturated rings. The average Bonchev–Trinajstić information content (AvgIpc) is 2.92. The molecule has 2 aromatic rings. The Balaban J connectivity index is 2.32. The monoisotopic (exact) mass is 331 g/mol. The van der Waals surface area contributed by atoms with E-state index in [1.54, 1.807) is 13.3 Å². The van der Waals surface area contributed by atoms with Gasteiger partial charge in [-0.15, -0.1) is 5.10 Å². The molecule has 1 atom stereocenters. The molecule has 0 aliphatic carbocycles. The molecule has 0 aliphatic rings. The van der Waals surface area contributed by atoms with Crippen molar-refractivity contribution in [3.05, 3.63) is 26.9 Å². The predicted molar refractivity (Wildman–Crippen MR) is 72.5 cm³/mol. The molecule has 0 aromatic carbocycles. The number of methoxy groups -OCH3 is 1. The number of nitrogens with two attached hydrogens (primary N) is 1. The van der Waals surface area contributed by atoms with Crippen LogP contribution in [0.2, 0.25) is 0 Å². The molecule has 2 rings (SSSR count). The highest BCUT2D eigenvalue weighted by Crippen LogP contribution is 2.29. The lowest BCUT2D eigenvalue weighted by molar-refractivity contribution is 0.182. The smallest absolute Gasteiger partial charge is 0.0863 e. The summed E-state index contributed by atoms with van der Waals surface area (Å²) in [5.74, 6) is 0. The van der Waals surface area contributed by atoms with Crippen LogP contribution in [0.5, 0.6) is 0 Å². The van der Waals surface area contributed by atoms with Crippen molar-refractivity contribution in [2.75, 3.05) is 13.7 Å². The Morgan fingerprint density at radius 3 is 3.00 bits per heavy atom. The summed E-state index contributed by atoms with van der Waals surface area (Å²) in [7, 11) is 1.66. The Kier molecular flexibility index (Phi) is 4.44. The SMILES string of the molecule is COCCn1ncc(Br)c1C(N)c1snnc1C. The van der Waals surface area contributed by atoms with Gasteiger partial charge < -0.3 is 10.5 Å². The first-order chi connectivity index (χ1) is 8.65. The number of hydrogen-bond acceptors (Lipinski definition) is 6. The fourth-order valence-electron chi connectivity index (χ4n) is 1.68. The lowest BCUT2D eigenvalue weighted by Crippen LogP contribution is -2.19. The number of ether oxygens (including phenoxy) is 1. The number of aryl methyl sites for hydroxylation is 1. The summed E-state index contributed by atoms with van der Waals surface area (Å²) < 4.78 is 11.7. The van der Waals surface area contributed by atoms with E-state index in [4.69, 9.17) is 10.5 Å². The Labute approximate surface area is 117 Å². The van der Waals surface area contributed by atoms with Crippen LogP contribution in [0.4, 0.5) is 0 Å². The molecule has 0 amide bonds. The molecule has 18 heavy (non-hydrogen) atoms. The molecule has 2 N–H and O–H groups in total. The molecule has 0 radical (unpaired) electrons. The van der Waals surface area contributed by atoms with Crippen LogP contribution in [0.1, 0.15) is 22.3 Å². The first-order valence-electron chi connectivity index (χ1n) is 5.39. The average molecular weight is 332 g/mol. The number of halogens is 1. The van der Waals surface area contributed by atoms with Gasteiger partial charge in [-0.2, -0.15) is 5.10 Å². The normalized spacial score (nSPS) is 12.9. The third kappa shape index (κ3) is 2.61. The molecule has 0 spiro atoms. The van der Waals surface area contributed by atoms with Crippen molar-refractivity contribution in [2.45, 2.75) is 19.5 Å². The van der Waals surface area contributed by atoms with Crippen molar-refractivity contribution in [1.29, 1.82) is 0 Å². The molecular weight excluding hydrogens is 318 g/mol. The standard InChI is InChI=1S/C10H14BrN5OS/c1-6-10(18-15-14-6)8(12)9-7(11)5-13-16(9)3-4-17-2/h5,8H,3-4,12H2,1-2H3. The Hall–Kier alpha value is -0.830. The summed E-state index contributed by atoms with van der Waals surface area (Å²) in [5.41, 5.74) is 8.06. The molecule has 2 aromatic heterocycles. The number of nitrogens with zero attached hydrogens (tertiary/aromatic N) is 4. The van der Waals surface area contributed by atoms with Crippen LogP contribution in [-0.2, 0) is 11.3 Å². The summed E-state index contributed by atoms with van der Waals surface area (Å²) in [6.45, 7) is 3.16. The van der Waals surface area contributed by atoms with Crippen molar-refractivity contribution < 1.29 is 4.74 Å². The zero-order valence-electron chi connectivity index (χ0n) is 10.1. The number of aromatic nitrogens is 4. The quantitative estimate of drug-likeness (QED) is 0.898. The van der Waals surface area contributed by atoms with E-state index in [1.807, 2.05) is 11.6 Å². The topological polar surface area (TPSA) is 78.9 Å². The Morgan fingerprint density at radius 2 is 2.39 bits per heavy atom. The van der Waals surface area contributed by atoms with Gasteiger partial charge in [-0.05, 0) is 34.4 Å². The van der Waals surface area contributed by atoms with Gasteiger partial charge in [0.05, 0.1) is 46.1 Å². The minimum Gasteiger partial charge on any atom is -0.383 e. The van der Waals surface area contributed by atoms with Crippen LogP contribution in [0.3, 0.4) is 0 Å². The zero-order chi connectivity index (χ0) is 13.1. The fraction of sp³-hybridized carbons (Fsp3) is 0.500. The van der Waals surface area contributed by atoms with E-state index in [0.717, 1.165) is 20.7 Å². The van der Waals surface area contributed by atoms with Crippen molar-refractivity contribution >= 4 is 27.5 Å². The lowest BCUT2D eigenvalue weighted by Gasteiger charge is -2.13. The van der Waals surface area contributed by atoms with Gasteiger partial charge in [0, 0.05) is 7.11 Å². The van der Waals surface area contributed by atoms with Crippen LogP contribution < -0.4 is 5.73 Å². The molecule has 6 nitrogen and oxygen atoms in total. The molecule has 0 saturated heterocycles. The zero-order valence-corrected chi connectivity index (χ0v) is 12.5. The van der Waals surface area contributed by atoms with Gasteiger partial charge in [-0.3, -0.25) is 4.68 Å². The molecule has 98 valence electrons. The van der Waals surface area contributed by atoms with Crippen LogP contribution >= 0.6 is 27.5 Å². The highest BCUT2D eigenvalue weighted by molar-refractivity contribution is 9.10. The summed E-state index contributed by atoms with van der Waals surface area (Å²) in [4.78, 5) is 0.954. The van der Waals surface area contributed by atoms with E-state index < -0.39 is 0 Å². The number of rotatable bonds is 5. The van der Waals surface area contributed by atoms with Crippen molar-refractivity contribution in [2.24, 2.45) is 5.73 Å². The van der Waals surface area contributed by atoms with E-state index in [-0.39, 0.29) is 6.04 Å². The second kappa shape index (κ2) is 5.87. The van der Waals surface area contributed by atoms with E-state index in [1.165, 1.54) is 11.5 Å². The van der Waals surface area contributed by atoms with Crippen LogP contribution in [-0.4, -0.2) is 33.1 Å². The van der Waals surface area contributed by atoms with Crippen molar-refractivity contribution in [3.63, 3.8) is 0 Å². The largest absolute Gasteiger partial charge is 0.383 e. The molecule has 0 aliphatic heterocycles. The summed E-state index contributed by atoms with van der Waals surface area (Å²) in [5, 5.41) is 8.28. The molecule has 8 heteroatoms. The van der Waals surface area contributed by atoms with E-state index in [2.05, 4.69) is 30.6 Å². The maximum absolute atomic E-state index is 6.28. The first-order valence-corrected chi connectivity index (χ1v) is 6.96. The third-order valence-corrected chi connectivity index (χ3v) is 4.12. The number of hydrogen-bond donors (Lipinski definition) is 1. The molecule has 0 bridgehead atoms. The second-order valence-electron chi connectivity index (χ2n) is 3.79. The van der Waals surface area contributed by atoms with Gasteiger partial charge in [-0.25, -0.2) is 0 Å². The Morgan fingerprint density at radius 1 is 1.61 bits per heavy atom. The van der Waals surface area contributed by atoms with Crippen molar-refractivity contribution in [1.82, 2.24) is 19.4 Å². The summed E-state index contributed by atoms with van der Waals surface area (Å²) in [6.07, 6.45) is 1.74. The van der Waals surface area contributed by atoms with Crippen LogP contribution in [0, 0.1) is 6.92 Å². The van der Waals surface area contributed by atoms with Gasteiger partial charge in [0.2, 0.25) is 0 Å². The van der Waals surface area contributed by atoms with E-state index >= 15 is 0 Å². The summed E-state index contributed by atoms with van der Waals surface area (Å²) in [6, 6.07) is -0.279. The predicted octanol–water partition coefficient (Wildman–Crippen LogP) is 1.50. The molecule has 1 unspecified atom stereocenters. The summed E-state index contributed by atoms with van der Waals surface area (Å²) >= 11 is 4.80. The van der Waals surface area contributed by atoms with E-state index in [0.29, 0.717) is 13.2 Å². The second-order valence-corrected chi connectivity index (χ2v) is 5.43. The highest BCUT2D eigenvalue weighted by Gasteiger charge is 2.22. The van der Waals surface area contributed by atoms with Gasteiger partial charge in [0.1, 0.15) is 0 Å². The minimum atomic E-state index is -0.279. The van der Waals surface area contributed by atoms with Crippen LogP contribution in [0.25, 0.3) is 0 Å². The lowest BCUT2D eigenvalue weighted by atomic mass is 10.1. The molecular formula is C10H14BrN5OS. The third-order valence-electron chi connectivity index (χ3n) is 2.60. The van der Waals surface area contributed by atoms with Gasteiger partial charge >= 0.3 is 0 Å².